The number of nitrogens with two attached hydrogens (primary N) is 1. The van der Waals surface area contributed by atoms with Crippen LogP contribution >= 0.6 is 0 Å². The van der Waals surface area contributed by atoms with Gasteiger partial charge in [0.05, 0.1) is 19.0 Å². The molecular weight excluding hydrogens is 302 g/mol. The van der Waals surface area contributed by atoms with E-state index in [1.807, 2.05) is 0 Å². The van der Waals surface area contributed by atoms with E-state index < -0.39 is 6.23 Å². The number of ether oxygens (including phenoxy) is 3. The van der Waals surface area contributed by atoms with Gasteiger partial charge in [-0.2, -0.15) is 4.98 Å². The number of aromatic amines is 1. The van der Waals surface area contributed by atoms with E-state index in [0.717, 1.165) is 6.42 Å². The van der Waals surface area contributed by atoms with Crippen LogP contribution in [0.5, 0.6) is 0 Å². The van der Waals surface area contributed by atoms with E-state index in [4.69, 9.17) is 19.9 Å². The summed E-state index contributed by atoms with van der Waals surface area (Å²) in [5.74, 6) is 0.119. The van der Waals surface area contributed by atoms with Gasteiger partial charge in [0.2, 0.25) is 5.95 Å². The highest BCUT2D eigenvalue weighted by molar-refractivity contribution is 5.70. The summed E-state index contributed by atoms with van der Waals surface area (Å²) in [4.78, 5) is 22.7. The largest absolute Gasteiger partial charge is 0.384 e. The summed E-state index contributed by atoms with van der Waals surface area (Å²) in [6.45, 7) is 2.58. The monoisotopic (exact) mass is 323 g/mol. The average Bonchev–Trinajstić information content (AvgIpc) is 3.08. The molecule has 0 unspecified atom stereocenters. The Morgan fingerprint density at radius 3 is 2.91 bits per heavy atom. The van der Waals surface area contributed by atoms with E-state index in [1.54, 1.807) is 18.8 Å². The highest BCUT2D eigenvalue weighted by Gasteiger charge is 2.45. The first-order chi connectivity index (χ1) is 11.1. The molecule has 2 aromatic heterocycles. The average molecular weight is 323 g/mol. The van der Waals surface area contributed by atoms with Crippen molar-refractivity contribution in [3.8, 4) is 0 Å². The van der Waals surface area contributed by atoms with Gasteiger partial charge < -0.3 is 19.9 Å². The third-order valence-corrected chi connectivity index (χ3v) is 4.25. The maximum Gasteiger partial charge on any atom is 0.280 e. The predicted octanol–water partition coefficient (Wildman–Crippen LogP) is 0.287. The molecule has 1 aliphatic rings. The number of rotatable bonds is 5. The molecule has 9 heteroatoms. The van der Waals surface area contributed by atoms with Gasteiger partial charge in [-0.25, -0.2) is 4.98 Å². The molecular formula is C14H21N5O4. The molecule has 3 rings (SSSR count). The van der Waals surface area contributed by atoms with Crippen molar-refractivity contribution in [2.45, 2.75) is 31.8 Å². The third-order valence-electron chi connectivity index (χ3n) is 4.25. The van der Waals surface area contributed by atoms with E-state index in [1.165, 1.54) is 6.33 Å². The normalized spacial score (nSPS) is 27.8. The Kier molecular flexibility index (Phi) is 4.33. The van der Waals surface area contributed by atoms with Gasteiger partial charge in [0.25, 0.3) is 5.56 Å². The minimum Gasteiger partial charge on any atom is -0.384 e. The summed E-state index contributed by atoms with van der Waals surface area (Å²) in [6.07, 6.45) is 1.67. The first-order valence-corrected chi connectivity index (χ1v) is 7.50. The molecule has 23 heavy (non-hydrogen) atoms. The summed E-state index contributed by atoms with van der Waals surface area (Å²) >= 11 is 0. The van der Waals surface area contributed by atoms with Crippen molar-refractivity contribution < 1.29 is 14.2 Å². The number of hydrogen-bond donors (Lipinski definition) is 2. The van der Waals surface area contributed by atoms with Crippen LogP contribution in [-0.2, 0) is 14.2 Å². The molecule has 0 aromatic carbocycles. The molecule has 1 saturated heterocycles. The minimum atomic E-state index is -0.441. The first kappa shape index (κ1) is 15.9. The van der Waals surface area contributed by atoms with Crippen molar-refractivity contribution >= 4 is 17.1 Å². The molecule has 2 aromatic rings. The maximum absolute atomic E-state index is 11.9. The van der Waals surface area contributed by atoms with Crippen molar-refractivity contribution in [3.05, 3.63) is 16.7 Å². The smallest absolute Gasteiger partial charge is 0.280 e. The Bertz CT molecular complexity index is 742. The molecule has 9 nitrogen and oxygen atoms in total. The fraction of sp³-hybridized carbons (Fsp3) is 0.643. The molecule has 3 N–H and O–H groups in total. The molecule has 1 aliphatic heterocycles. The highest BCUT2D eigenvalue weighted by Crippen LogP contribution is 2.38. The zero-order chi connectivity index (χ0) is 16.6. The molecule has 0 radical (unpaired) electrons. The second-order valence-electron chi connectivity index (χ2n) is 5.57. The standard InChI is InChI=1S/C14H21N5O4/c1-4-8-7(5-21-2)10(22-3)13(23-8)19-6-16-9-11(19)17-14(15)18-12(9)20/h6-8,10,13H,4-5H2,1-3H3,(H3,15,17,18,20)/t7-,8-,10-,13-/m1/s1. The lowest BCUT2D eigenvalue weighted by molar-refractivity contribution is -0.0489. The van der Waals surface area contributed by atoms with Crippen LogP contribution in [-0.4, -0.2) is 52.6 Å². The first-order valence-electron chi connectivity index (χ1n) is 7.50. The molecule has 4 atom stereocenters. The minimum absolute atomic E-state index is 0.0123. The van der Waals surface area contributed by atoms with E-state index in [2.05, 4.69) is 21.9 Å². The van der Waals surface area contributed by atoms with Gasteiger partial charge in [-0.1, -0.05) is 6.92 Å². The summed E-state index contributed by atoms with van der Waals surface area (Å²) in [5, 5.41) is 0. The number of anilines is 1. The lowest BCUT2D eigenvalue weighted by Crippen LogP contribution is -2.31. The fourth-order valence-corrected chi connectivity index (χ4v) is 3.22. The van der Waals surface area contributed by atoms with Gasteiger partial charge in [-0.3, -0.25) is 14.3 Å². The SMILES string of the molecule is CC[C@H]1O[C@@H](n2cnc3c(=O)[nH]c(N)nc32)[C@H](OC)[C@@H]1COC. The number of aromatic nitrogens is 4. The third kappa shape index (κ3) is 2.60. The zero-order valence-electron chi connectivity index (χ0n) is 13.4. The van der Waals surface area contributed by atoms with Crippen LogP contribution in [0.4, 0.5) is 5.95 Å². The Hall–Kier alpha value is -1.97. The quantitative estimate of drug-likeness (QED) is 0.812. The van der Waals surface area contributed by atoms with Crippen LogP contribution in [0.3, 0.4) is 0 Å². The van der Waals surface area contributed by atoms with Gasteiger partial charge >= 0.3 is 0 Å². The summed E-state index contributed by atoms with van der Waals surface area (Å²) in [7, 11) is 3.29. The lowest BCUT2D eigenvalue weighted by atomic mass is 9.97. The Morgan fingerprint density at radius 1 is 1.48 bits per heavy atom. The van der Waals surface area contributed by atoms with Gasteiger partial charge in [-0.05, 0) is 6.42 Å². The molecule has 126 valence electrons. The Morgan fingerprint density at radius 2 is 2.26 bits per heavy atom. The van der Waals surface area contributed by atoms with Gasteiger partial charge in [0, 0.05) is 20.1 Å². The highest BCUT2D eigenvalue weighted by atomic mass is 16.6. The van der Waals surface area contributed by atoms with Crippen molar-refractivity contribution in [2.75, 3.05) is 26.6 Å². The van der Waals surface area contributed by atoms with Crippen molar-refractivity contribution in [1.29, 1.82) is 0 Å². The van der Waals surface area contributed by atoms with Crippen LogP contribution in [0.25, 0.3) is 11.2 Å². The number of nitrogens with one attached hydrogen (secondary N) is 1. The van der Waals surface area contributed by atoms with E-state index in [0.29, 0.717) is 12.3 Å². The van der Waals surface area contributed by atoms with Crippen LogP contribution in [0.1, 0.15) is 19.6 Å². The molecule has 0 aliphatic carbocycles. The number of fused-ring (bicyclic) bond motifs is 1. The van der Waals surface area contributed by atoms with Gasteiger partial charge in [-0.15, -0.1) is 0 Å². The summed E-state index contributed by atoms with van der Waals surface area (Å²) < 4.78 is 18.8. The van der Waals surface area contributed by atoms with Crippen molar-refractivity contribution in [1.82, 2.24) is 19.5 Å². The van der Waals surface area contributed by atoms with E-state index in [9.17, 15) is 4.79 Å². The zero-order valence-corrected chi connectivity index (χ0v) is 13.4. The molecule has 0 saturated carbocycles. The summed E-state index contributed by atoms with van der Waals surface area (Å²) in [6, 6.07) is 0. The molecule has 0 spiro atoms. The Labute approximate surface area is 132 Å². The van der Waals surface area contributed by atoms with Crippen LogP contribution in [0, 0.1) is 5.92 Å². The number of nitrogen functional groups attached to an aromatic ring is 1. The molecule has 0 amide bonds. The van der Waals surface area contributed by atoms with E-state index in [-0.39, 0.29) is 35.2 Å². The fourth-order valence-electron chi connectivity index (χ4n) is 3.22. The molecule has 1 fully saturated rings. The van der Waals surface area contributed by atoms with Crippen LogP contribution < -0.4 is 11.3 Å². The van der Waals surface area contributed by atoms with Crippen molar-refractivity contribution in [2.24, 2.45) is 5.92 Å². The maximum atomic E-state index is 11.9. The number of nitrogens with zero attached hydrogens (tertiary/aromatic N) is 3. The number of H-pyrrole nitrogens is 1. The van der Waals surface area contributed by atoms with Gasteiger partial charge in [0.15, 0.2) is 17.4 Å². The lowest BCUT2D eigenvalue weighted by Gasteiger charge is -2.22. The van der Waals surface area contributed by atoms with Crippen LogP contribution in [0.2, 0.25) is 0 Å². The van der Waals surface area contributed by atoms with Crippen LogP contribution in [0.15, 0.2) is 11.1 Å². The topological polar surface area (TPSA) is 117 Å². The Balaban J connectivity index is 2.05. The van der Waals surface area contributed by atoms with E-state index >= 15 is 0 Å². The van der Waals surface area contributed by atoms with Crippen molar-refractivity contribution in [3.63, 3.8) is 0 Å². The number of imidazole rings is 1. The summed E-state index contributed by atoms with van der Waals surface area (Å²) in [5.41, 5.74) is 5.87. The number of methoxy groups -OCH3 is 2. The second kappa shape index (κ2) is 6.26. The number of hydrogen-bond acceptors (Lipinski definition) is 7. The second-order valence-corrected chi connectivity index (χ2v) is 5.57. The predicted molar refractivity (Wildman–Crippen MR) is 82.9 cm³/mol. The van der Waals surface area contributed by atoms with Gasteiger partial charge in [0.1, 0.15) is 6.10 Å². The molecule has 3 heterocycles. The molecule has 0 bridgehead atoms.